The summed E-state index contributed by atoms with van der Waals surface area (Å²) >= 11 is 7.44. The average Bonchev–Trinajstić information content (AvgIpc) is 3.32. The molecular formula is C25H28ClN5O3S. The Balaban J connectivity index is 1.44. The lowest BCUT2D eigenvalue weighted by molar-refractivity contribution is -0.118. The SMILES string of the molecule is COc1ccc(/C=N\NC(=O)CSc2nnc(-c3ccc(Cl)cc3)n2C2CCCCC2)c(OC)c1. The molecule has 3 aromatic rings. The number of methoxy groups -OCH3 is 2. The zero-order chi connectivity index (χ0) is 24.6. The Hall–Kier alpha value is -3.04. The molecule has 35 heavy (non-hydrogen) atoms. The predicted molar refractivity (Wildman–Crippen MR) is 139 cm³/mol. The van der Waals surface area contributed by atoms with E-state index in [2.05, 4.69) is 25.3 Å². The molecule has 1 heterocycles. The van der Waals surface area contributed by atoms with Gasteiger partial charge in [0.1, 0.15) is 11.5 Å². The number of thioether (sulfide) groups is 1. The van der Waals surface area contributed by atoms with E-state index < -0.39 is 0 Å². The van der Waals surface area contributed by atoms with Crippen LogP contribution in [0.3, 0.4) is 0 Å². The van der Waals surface area contributed by atoms with Gasteiger partial charge in [0.2, 0.25) is 0 Å². The average molecular weight is 514 g/mol. The van der Waals surface area contributed by atoms with E-state index in [-0.39, 0.29) is 11.7 Å². The maximum Gasteiger partial charge on any atom is 0.250 e. The number of benzene rings is 2. The Labute approximate surface area is 214 Å². The summed E-state index contributed by atoms with van der Waals surface area (Å²) in [5, 5.41) is 14.4. The van der Waals surface area contributed by atoms with Crippen LogP contribution in [0.25, 0.3) is 11.4 Å². The first kappa shape index (κ1) is 25.1. The Morgan fingerprint density at radius 1 is 1.14 bits per heavy atom. The maximum absolute atomic E-state index is 12.5. The van der Waals surface area contributed by atoms with E-state index in [4.69, 9.17) is 21.1 Å². The first-order chi connectivity index (χ1) is 17.1. The summed E-state index contributed by atoms with van der Waals surface area (Å²) in [5.41, 5.74) is 4.26. The smallest absolute Gasteiger partial charge is 0.250 e. The van der Waals surface area contributed by atoms with Gasteiger partial charge in [-0.2, -0.15) is 5.10 Å². The van der Waals surface area contributed by atoms with E-state index in [1.807, 2.05) is 30.3 Å². The zero-order valence-corrected chi connectivity index (χ0v) is 21.3. The fourth-order valence-corrected chi connectivity index (χ4v) is 5.02. The number of aromatic nitrogens is 3. The molecule has 0 saturated heterocycles. The predicted octanol–water partition coefficient (Wildman–Crippen LogP) is 5.36. The van der Waals surface area contributed by atoms with Gasteiger partial charge in [0, 0.05) is 28.3 Å². The monoisotopic (exact) mass is 513 g/mol. The number of ether oxygens (including phenoxy) is 2. The molecule has 1 aliphatic rings. The number of nitrogens with one attached hydrogen (secondary N) is 1. The first-order valence-corrected chi connectivity index (χ1v) is 12.8. The fraction of sp³-hybridized carbons (Fsp3) is 0.360. The molecule has 10 heteroatoms. The minimum atomic E-state index is -0.232. The third kappa shape index (κ3) is 6.35. The Morgan fingerprint density at radius 3 is 2.63 bits per heavy atom. The topological polar surface area (TPSA) is 90.6 Å². The van der Waals surface area contributed by atoms with Gasteiger partial charge in [-0.05, 0) is 49.2 Å². The number of carbonyl (C=O) groups excluding carboxylic acids is 1. The molecule has 8 nitrogen and oxygen atoms in total. The quantitative estimate of drug-likeness (QED) is 0.235. The van der Waals surface area contributed by atoms with E-state index in [0.29, 0.717) is 22.6 Å². The number of hydrogen-bond acceptors (Lipinski definition) is 7. The summed E-state index contributed by atoms with van der Waals surface area (Å²) in [6.45, 7) is 0. The maximum atomic E-state index is 12.5. The third-order valence-electron chi connectivity index (χ3n) is 5.87. The molecule has 1 fully saturated rings. The fourth-order valence-electron chi connectivity index (χ4n) is 4.10. The van der Waals surface area contributed by atoms with E-state index in [9.17, 15) is 4.79 Å². The summed E-state index contributed by atoms with van der Waals surface area (Å²) in [5.74, 6) is 2.03. The lowest BCUT2D eigenvalue weighted by Gasteiger charge is -2.25. The van der Waals surface area contributed by atoms with Gasteiger partial charge in [0.05, 0.1) is 26.2 Å². The first-order valence-electron chi connectivity index (χ1n) is 11.5. The number of rotatable bonds is 9. The van der Waals surface area contributed by atoms with Crippen molar-refractivity contribution in [3.8, 4) is 22.9 Å². The van der Waals surface area contributed by atoms with Gasteiger partial charge >= 0.3 is 0 Å². The van der Waals surface area contributed by atoms with Crippen molar-refractivity contribution >= 4 is 35.5 Å². The molecule has 0 spiro atoms. The third-order valence-corrected chi connectivity index (χ3v) is 7.07. The van der Waals surface area contributed by atoms with Crippen LogP contribution in [-0.4, -0.2) is 46.9 Å². The summed E-state index contributed by atoms with van der Waals surface area (Å²) in [6.07, 6.45) is 7.30. The van der Waals surface area contributed by atoms with Gasteiger partial charge in [0.25, 0.3) is 5.91 Å². The van der Waals surface area contributed by atoms with Crippen molar-refractivity contribution in [2.24, 2.45) is 5.10 Å². The molecule has 0 radical (unpaired) electrons. The highest BCUT2D eigenvalue weighted by molar-refractivity contribution is 7.99. The van der Waals surface area contributed by atoms with Gasteiger partial charge in [-0.25, -0.2) is 5.43 Å². The van der Waals surface area contributed by atoms with Crippen LogP contribution in [0.2, 0.25) is 5.02 Å². The molecule has 0 atom stereocenters. The van der Waals surface area contributed by atoms with Crippen LogP contribution in [0, 0.1) is 0 Å². The Kier molecular flexibility index (Phi) is 8.65. The highest BCUT2D eigenvalue weighted by atomic mass is 35.5. The summed E-state index contributed by atoms with van der Waals surface area (Å²) in [6, 6.07) is 13.3. The zero-order valence-electron chi connectivity index (χ0n) is 19.7. The van der Waals surface area contributed by atoms with Crippen LogP contribution in [-0.2, 0) is 4.79 Å². The normalized spacial score (nSPS) is 14.3. The lowest BCUT2D eigenvalue weighted by Crippen LogP contribution is -2.20. The summed E-state index contributed by atoms with van der Waals surface area (Å²) in [7, 11) is 3.16. The molecule has 1 aromatic heterocycles. The number of hydrazone groups is 1. The van der Waals surface area contributed by atoms with E-state index >= 15 is 0 Å². The highest BCUT2D eigenvalue weighted by Gasteiger charge is 2.24. The van der Waals surface area contributed by atoms with Crippen LogP contribution in [0.4, 0.5) is 0 Å². The minimum absolute atomic E-state index is 0.169. The van der Waals surface area contributed by atoms with Crippen LogP contribution in [0.5, 0.6) is 11.5 Å². The molecule has 184 valence electrons. The van der Waals surface area contributed by atoms with E-state index in [1.165, 1.54) is 31.0 Å². The van der Waals surface area contributed by atoms with Crippen LogP contribution < -0.4 is 14.9 Å². The largest absolute Gasteiger partial charge is 0.497 e. The van der Waals surface area contributed by atoms with Crippen molar-refractivity contribution in [1.82, 2.24) is 20.2 Å². The van der Waals surface area contributed by atoms with Gasteiger partial charge in [0.15, 0.2) is 11.0 Å². The molecule has 1 saturated carbocycles. The molecular weight excluding hydrogens is 486 g/mol. The van der Waals surface area contributed by atoms with Gasteiger partial charge < -0.3 is 9.47 Å². The molecule has 1 amide bonds. The van der Waals surface area contributed by atoms with Gasteiger partial charge in [-0.1, -0.05) is 42.6 Å². The number of amides is 1. The molecule has 4 rings (SSSR count). The van der Waals surface area contributed by atoms with E-state index in [0.717, 1.165) is 34.9 Å². The van der Waals surface area contributed by atoms with Crippen molar-refractivity contribution in [3.63, 3.8) is 0 Å². The van der Waals surface area contributed by atoms with Crippen molar-refractivity contribution in [2.45, 2.75) is 43.3 Å². The Bertz CT molecular complexity index is 1180. The number of hydrogen-bond donors (Lipinski definition) is 1. The number of carbonyl (C=O) groups is 1. The van der Waals surface area contributed by atoms with Crippen LogP contribution in [0.15, 0.2) is 52.7 Å². The van der Waals surface area contributed by atoms with Gasteiger partial charge in [-0.15, -0.1) is 10.2 Å². The van der Waals surface area contributed by atoms with Crippen molar-refractivity contribution < 1.29 is 14.3 Å². The number of halogens is 1. The molecule has 1 N–H and O–H groups in total. The molecule has 1 aliphatic carbocycles. The van der Waals surface area contributed by atoms with E-state index in [1.54, 1.807) is 32.6 Å². The second kappa shape index (κ2) is 12.1. The van der Waals surface area contributed by atoms with Gasteiger partial charge in [-0.3, -0.25) is 9.36 Å². The van der Waals surface area contributed by atoms with Crippen LogP contribution in [0.1, 0.15) is 43.7 Å². The van der Waals surface area contributed by atoms with Crippen LogP contribution >= 0.6 is 23.4 Å². The second-order valence-electron chi connectivity index (χ2n) is 8.16. The molecule has 0 bridgehead atoms. The van der Waals surface area contributed by atoms with Crippen molar-refractivity contribution in [3.05, 3.63) is 53.1 Å². The summed E-state index contributed by atoms with van der Waals surface area (Å²) in [4.78, 5) is 12.5. The minimum Gasteiger partial charge on any atom is -0.497 e. The summed E-state index contributed by atoms with van der Waals surface area (Å²) < 4.78 is 12.7. The second-order valence-corrected chi connectivity index (χ2v) is 9.54. The Morgan fingerprint density at radius 2 is 1.91 bits per heavy atom. The molecule has 0 unspecified atom stereocenters. The standard InChI is InChI=1S/C25H28ClN5O3S/c1-33-21-13-10-18(22(14-21)34-2)15-27-28-23(32)16-35-25-30-29-24(17-8-11-19(26)12-9-17)31(25)20-6-4-3-5-7-20/h8-15,20H,3-7,16H2,1-2H3,(H,28,32)/b27-15-. The van der Waals surface area contributed by atoms with Crippen molar-refractivity contribution in [1.29, 1.82) is 0 Å². The number of nitrogens with zero attached hydrogens (tertiary/aromatic N) is 4. The lowest BCUT2D eigenvalue weighted by atomic mass is 9.95. The molecule has 0 aliphatic heterocycles. The van der Waals surface area contributed by atoms with Crippen molar-refractivity contribution in [2.75, 3.05) is 20.0 Å². The highest BCUT2D eigenvalue weighted by Crippen LogP contribution is 2.35. The molecule has 2 aromatic carbocycles.